The monoisotopic (exact) mass is 301 g/mol. The molecule has 2 aromatic rings. The van der Waals surface area contributed by atoms with Crippen LogP contribution in [0.25, 0.3) is 11.1 Å². The molecule has 2 rings (SSSR count). The van der Waals surface area contributed by atoms with Crippen molar-refractivity contribution in [3.8, 4) is 11.1 Å². The van der Waals surface area contributed by atoms with Gasteiger partial charge >= 0.3 is 6.18 Å². The molecule has 0 fully saturated rings. The number of nitrogens with two attached hydrogens (primary N) is 1. The Morgan fingerprint density at radius 3 is 2.05 bits per heavy atom. The summed E-state index contributed by atoms with van der Waals surface area (Å²) < 4.78 is 65.5. The highest BCUT2D eigenvalue weighted by Crippen LogP contribution is 2.34. The van der Waals surface area contributed by atoms with Gasteiger partial charge in [0.15, 0.2) is 0 Å². The van der Waals surface area contributed by atoms with E-state index in [-0.39, 0.29) is 5.56 Å². The highest BCUT2D eigenvalue weighted by atomic mass is 19.4. The second kappa shape index (κ2) is 5.16. The largest absolute Gasteiger partial charge is 0.416 e. The summed E-state index contributed by atoms with van der Waals surface area (Å²) in [4.78, 5) is 10.9. The van der Waals surface area contributed by atoms with Crippen molar-refractivity contribution in [3.05, 3.63) is 59.2 Å². The molecule has 2 aromatic carbocycles. The summed E-state index contributed by atoms with van der Waals surface area (Å²) in [7, 11) is 0. The molecule has 110 valence electrons. The Labute approximate surface area is 116 Å². The maximum Gasteiger partial charge on any atom is 0.416 e. The molecule has 0 saturated carbocycles. The first-order chi connectivity index (χ1) is 9.70. The van der Waals surface area contributed by atoms with Gasteiger partial charge in [-0.05, 0) is 29.8 Å². The van der Waals surface area contributed by atoms with Gasteiger partial charge in [0, 0.05) is 5.56 Å². The van der Waals surface area contributed by atoms with E-state index in [1.165, 1.54) is 0 Å². The highest BCUT2D eigenvalue weighted by Gasteiger charge is 2.31. The van der Waals surface area contributed by atoms with Crippen LogP contribution < -0.4 is 5.73 Å². The summed E-state index contributed by atoms with van der Waals surface area (Å²) in [6.07, 6.45) is -4.63. The van der Waals surface area contributed by atoms with Crippen LogP contribution in [0, 0.1) is 11.6 Å². The molecule has 0 spiro atoms. The van der Waals surface area contributed by atoms with Crippen LogP contribution in [0.2, 0.25) is 0 Å². The molecule has 0 unspecified atom stereocenters. The van der Waals surface area contributed by atoms with Gasteiger partial charge < -0.3 is 5.73 Å². The molecular formula is C14H8F5NO. The molecule has 0 aromatic heterocycles. The first kappa shape index (κ1) is 15.0. The fourth-order valence-electron chi connectivity index (χ4n) is 1.84. The average molecular weight is 301 g/mol. The number of amides is 1. The number of halogens is 5. The Morgan fingerprint density at radius 2 is 1.57 bits per heavy atom. The molecule has 0 aliphatic carbocycles. The predicted molar refractivity (Wildman–Crippen MR) is 65.3 cm³/mol. The van der Waals surface area contributed by atoms with Gasteiger partial charge in [0.1, 0.15) is 11.6 Å². The topological polar surface area (TPSA) is 43.1 Å². The van der Waals surface area contributed by atoms with Crippen LogP contribution in [0.3, 0.4) is 0 Å². The summed E-state index contributed by atoms with van der Waals surface area (Å²) in [5.41, 5.74) is 2.54. The lowest BCUT2D eigenvalue weighted by Gasteiger charge is -2.11. The van der Waals surface area contributed by atoms with Gasteiger partial charge in [-0.1, -0.05) is 12.1 Å². The van der Waals surface area contributed by atoms with E-state index >= 15 is 0 Å². The Morgan fingerprint density at radius 1 is 1.00 bits per heavy atom. The van der Waals surface area contributed by atoms with Gasteiger partial charge in [-0.25, -0.2) is 8.78 Å². The Hall–Kier alpha value is -2.44. The van der Waals surface area contributed by atoms with E-state index in [1.54, 1.807) is 0 Å². The van der Waals surface area contributed by atoms with Crippen molar-refractivity contribution in [2.45, 2.75) is 6.18 Å². The quantitative estimate of drug-likeness (QED) is 0.843. The Kier molecular flexibility index (Phi) is 3.67. The van der Waals surface area contributed by atoms with Gasteiger partial charge in [-0.3, -0.25) is 4.79 Å². The van der Waals surface area contributed by atoms with Crippen molar-refractivity contribution in [1.82, 2.24) is 0 Å². The third-order valence-electron chi connectivity index (χ3n) is 2.81. The van der Waals surface area contributed by atoms with Crippen LogP contribution >= 0.6 is 0 Å². The van der Waals surface area contributed by atoms with Crippen molar-refractivity contribution in [2.24, 2.45) is 5.73 Å². The van der Waals surface area contributed by atoms with Crippen LogP contribution in [0.4, 0.5) is 22.0 Å². The van der Waals surface area contributed by atoms with Crippen molar-refractivity contribution < 1.29 is 26.7 Å². The standard InChI is InChI=1S/C14H8F5NO/c15-10-5-8(13(20)21)6-11(16)12(10)7-2-1-3-9(4-7)14(17,18)19/h1-6H,(H2,20,21). The molecule has 0 aliphatic rings. The number of alkyl halides is 3. The zero-order chi connectivity index (χ0) is 15.8. The van der Waals surface area contributed by atoms with Crippen LogP contribution in [0.5, 0.6) is 0 Å². The summed E-state index contributed by atoms with van der Waals surface area (Å²) in [5.74, 6) is -3.37. The molecule has 7 heteroatoms. The van der Waals surface area contributed by atoms with Gasteiger partial charge in [0.25, 0.3) is 0 Å². The lowest BCUT2D eigenvalue weighted by Crippen LogP contribution is -2.12. The highest BCUT2D eigenvalue weighted by molar-refractivity contribution is 5.93. The molecule has 0 saturated heterocycles. The van der Waals surface area contributed by atoms with Crippen molar-refractivity contribution in [1.29, 1.82) is 0 Å². The molecule has 2 N–H and O–H groups in total. The number of carbonyl (C=O) groups is 1. The first-order valence-corrected chi connectivity index (χ1v) is 5.66. The summed E-state index contributed by atoms with van der Waals surface area (Å²) in [6.45, 7) is 0. The van der Waals surface area contributed by atoms with E-state index in [2.05, 4.69) is 0 Å². The van der Waals surface area contributed by atoms with Gasteiger partial charge in [0.05, 0.1) is 11.1 Å². The average Bonchev–Trinajstić information content (AvgIpc) is 2.37. The molecular weight excluding hydrogens is 293 g/mol. The Balaban J connectivity index is 2.60. The normalized spacial score (nSPS) is 11.5. The van der Waals surface area contributed by atoms with Crippen molar-refractivity contribution in [2.75, 3.05) is 0 Å². The third-order valence-corrected chi connectivity index (χ3v) is 2.81. The zero-order valence-corrected chi connectivity index (χ0v) is 10.3. The first-order valence-electron chi connectivity index (χ1n) is 5.66. The van der Waals surface area contributed by atoms with Crippen LogP contribution in [-0.2, 0) is 6.18 Å². The third kappa shape index (κ3) is 3.01. The summed E-state index contributed by atoms with van der Waals surface area (Å²) in [5, 5.41) is 0. The molecule has 1 amide bonds. The maximum atomic E-state index is 13.9. The minimum absolute atomic E-state index is 0.282. The van der Waals surface area contributed by atoms with E-state index < -0.39 is 40.4 Å². The molecule has 0 atom stereocenters. The second-order valence-electron chi connectivity index (χ2n) is 4.26. The van der Waals surface area contributed by atoms with Crippen molar-refractivity contribution in [3.63, 3.8) is 0 Å². The lowest BCUT2D eigenvalue weighted by molar-refractivity contribution is -0.137. The van der Waals surface area contributed by atoms with Gasteiger partial charge in [-0.2, -0.15) is 13.2 Å². The van der Waals surface area contributed by atoms with E-state index in [0.29, 0.717) is 18.2 Å². The van der Waals surface area contributed by atoms with Crippen molar-refractivity contribution >= 4 is 5.91 Å². The van der Waals surface area contributed by atoms with E-state index in [1.807, 2.05) is 0 Å². The lowest BCUT2D eigenvalue weighted by atomic mass is 10.00. The molecule has 0 aliphatic heterocycles. The molecule has 0 heterocycles. The Bertz CT molecular complexity index is 686. The molecule has 0 radical (unpaired) electrons. The fourth-order valence-corrected chi connectivity index (χ4v) is 1.84. The smallest absolute Gasteiger partial charge is 0.366 e. The molecule has 2 nitrogen and oxygen atoms in total. The van der Waals surface area contributed by atoms with Crippen LogP contribution in [-0.4, -0.2) is 5.91 Å². The summed E-state index contributed by atoms with van der Waals surface area (Å²) >= 11 is 0. The van der Waals surface area contributed by atoms with E-state index in [9.17, 15) is 26.7 Å². The van der Waals surface area contributed by atoms with Crippen LogP contribution in [0.15, 0.2) is 36.4 Å². The van der Waals surface area contributed by atoms with Gasteiger partial charge in [-0.15, -0.1) is 0 Å². The number of primary amides is 1. The number of hydrogen-bond donors (Lipinski definition) is 1. The maximum absolute atomic E-state index is 13.9. The van der Waals surface area contributed by atoms with Crippen LogP contribution in [0.1, 0.15) is 15.9 Å². The van der Waals surface area contributed by atoms with Gasteiger partial charge in [0.2, 0.25) is 5.91 Å². The zero-order valence-electron chi connectivity index (χ0n) is 10.3. The van der Waals surface area contributed by atoms with E-state index in [4.69, 9.17) is 5.73 Å². The SMILES string of the molecule is NC(=O)c1cc(F)c(-c2cccc(C(F)(F)F)c2)c(F)c1. The van der Waals surface area contributed by atoms with E-state index in [0.717, 1.165) is 18.2 Å². The number of benzene rings is 2. The second-order valence-corrected chi connectivity index (χ2v) is 4.26. The number of rotatable bonds is 2. The summed E-state index contributed by atoms with van der Waals surface area (Å²) in [6, 6.07) is 4.96. The molecule has 21 heavy (non-hydrogen) atoms. The minimum Gasteiger partial charge on any atom is -0.366 e. The number of carbonyl (C=O) groups excluding carboxylic acids is 1. The minimum atomic E-state index is -4.63. The molecule has 0 bridgehead atoms. The number of hydrogen-bond acceptors (Lipinski definition) is 1. The fraction of sp³-hybridized carbons (Fsp3) is 0.0714. The predicted octanol–water partition coefficient (Wildman–Crippen LogP) is 3.75.